The fourth-order valence-electron chi connectivity index (χ4n) is 4.36. The van der Waals surface area contributed by atoms with Gasteiger partial charge in [-0.2, -0.15) is 0 Å². The number of aromatic nitrogens is 1. The molecule has 0 N–H and O–H groups in total. The maximum absolute atomic E-state index is 6.37. The Hall–Kier alpha value is -1.01. The van der Waals surface area contributed by atoms with Gasteiger partial charge in [-0.15, -0.1) is 0 Å². The van der Waals surface area contributed by atoms with Crippen molar-refractivity contribution in [3.05, 3.63) is 29.6 Å². The Labute approximate surface area is 152 Å². The maximum atomic E-state index is 6.37. The highest BCUT2D eigenvalue weighted by Gasteiger charge is 2.43. The van der Waals surface area contributed by atoms with E-state index in [0.717, 1.165) is 51.6 Å². The van der Waals surface area contributed by atoms with E-state index >= 15 is 0 Å². The van der Waals surface area contributed by atoms with Crippen LogP contribution in [-0.4, -0.2) is 73.9 Å². The molecule has 0 unspecified atom stereocenters. The minimum Gasteiger partial charge on any atom is -0.383 e. The number of aryl methyl sites for hydroxylation is 1. The van der Waals surface area contributed by atoms with Crippen molar-refractivity contribution in [1.82, 2.24) is 14.8 Å². The van der Waals surface area contributed by atoms with Gasteiger partial charge in [0.25, 0.3) is 0 Å². The Kier molecular flexibility index (Phi) is 6.44. The fourth-order valence-corrected chi connectivity index (χ4v) is 4.36. The van der Waals surface area contributed by atoms with Crippen LogP contribution in [-0.2, 0) is 16.0 Å². The second kappa shape index (κ2) is 8.58. The number of ether oxygens (including phenoxy) is 2. The van der Waals surface area contributed by atoms with Gasteiger partial charge < -0.3 is 14.4 Å². The number of methoxy groups -OCH3 is 1. The van der Waals surface area contributed by atoms with Crippen molar-refractivity contribution in [1.29, 1.82) is 0 Å². The van der Waals surface area contributed by atoms with Crippen LogP contribution in [0.4, 0.5) is 0 Å². The van der Waals surface area contributed by atoms with Crippen LogP contribution in [0.25, 0.3) is 0 Å². The lowest BCUT2D eigenvalue weighted by atomic mass is 9.86. The van der Waals surface area contributed by atoms with E-state index < -0.39 is 0 Å². The van der Waals surface area contributed by atoms with Crippen molar-refractivity contribution < 1.29 is 9.47 Å². The summed E-state index contributed by atoms with van der Waals surface area (Å²) in [6.45, 7) is 8.98. The summed E-state index contributed by atoms with van der Waals surface area (Å²) in [5.74, 6) is 0.638. The minimum absolute atomic E-state index is 0.0643. The van der Waals surface area contributed by atoms with Crippen molar-refractivity contribution >= 4 is 0 Å². The van der Waals surface area contributed by atoms with Crippen molar-refractivity contribution in [2.75, 3.05) is 53.6 Å². The standard InChI is InChI=1S/C20H33N3O2/c1-17-6-4-7-19(21-17)14-23-9-5-8-20(16-23)12-18(15-25-20)13-22(2)10-11-24-3/h4,6-7,18H,5,8-16H2,1-3H3/t18-,20-/m1/s1. The first-order valence-electron chi connectivity index (χ1n) is 9.55. The second-order valence-corrected chi connectivity index (χ2v) is 7.90. The Morgan fingerprint density at radius 1 is 1.44 bits per heavy atom. The predicted octanol–water partition coefficient (Wildman–Crippen LogP) is 2.34. The highest BCUT2D eigenvalue weighted by molar-refractivity contribution is 5.10. The van der Waals surface area contributed by atoms with Crippen LogP contribution in [0.1, 0.15) is 30.7 Å². The van der Waals surface area contributed by atoms with Gasteiger partial charge in [-0.1, -0.05) is 6.07 Å². The molecule has 5 heteroatoms. The minimum atomic E-state index is 0.0643. The predicted molar refractivity (Wildman–Crippen MR) is 99.6 cm³/mol. The van der Waals surface area contributed by atoms with E-state index in [4.69, 9.17) is 9.47 Å². The number of nitrogens with zero attached hydrogens (tertiary/aromatic N) is 3. The zero-order valence-electron chi connectivity index (χ0n) is 16.0. The summed E-state index contributed by atoms with van der Waals surface area (Å²) in [5.41, 5.74) is 2.33. The third kappa shape index (κ3) is 5.23. The van der Waals surface area contributed by atoms with Gasteiger partial charge in [-0.05, 0) is 57.8 Å². The molecule has 1 spiro atoms. The van der Waals surface area contributed by atoms with Gasteiger partial charge in [0, 0.05) is 39.0 Å². The molecular formula is C20H33N3O2. The highest BCUT2D eigenvalue weighted by atomic mass is 16.5. The number of likely N-dealkylation sites (tertiary alicyclic amines) is 1. The van der Waals surface area contributed by atoms with Crippen molar-refractivity contribution in [3.63, 3.8) is 0 Å². The monoisotopic (exact) mass is 347 g/mol. The highest BCUT2D eigenvalue weighted by Crippen LogP contribution is 2.38. The summed E-state index contributed by atoms with van der Waals surface area (Å²) >= 11 is 0. The van der Waals surface area contributed by atoms with Gasteiger partial charge in [-0.25, -0.2) is 0 Å². The maximum Gasteiger partial charge on any atom is 0.0813 e. The van der Waals surface area contributed by atoms with Crippen LogP contribution >= 0.6 is 0 Å². The Balaban J connectivity index is 1.52. The molecule has 2 fully saturated rings. The van der Waals surface area contributed by atoms with Crippen LogP contribution < -0.4 is 0 Å². The Bertz CT molecular complexity index is 553. The van der Waals surface area contributed by atoms with Gasteiger partial charge in [0.05, 0.1) is 24.5 Å². The summed E-state index contributed by atoms with van der Waals surface area (Å²) in [6.07, 6.45) is 3.60. The first-order chi connectivity index (χ1) is 12.1. The third-order valence-corrected chi connectivity index (χ3v) is 5.48. The number of pyridine rings is 1. The van der Waals surface area contributed by atoms with E-state index in [9.17, 15) is 0 Å². The quantitative estimate of drug-likeness (QED) is 0.757. The van der Waals surface area contributed by atoms with E-state index in [0.29, 0.717) is 5.92 Å². The molecule has 0 amide bonds. The summed E-state index contributed by atoms with van der Waals surface area (Å²) in [7, 11) is 3.95. The molecule has 0 aromatic carbocycles. The SMILES string of the molecule is COCCN(C)C[C@@H]1CO[C@]2(CCCN(Cc3cccc(C)n3)C2)C1. The zero-order valence-corrected chi connectivity index (χ0v) is 16.0. The van der Waals surface area contributed by atoms with E-state index in [-0.39, 0.29) is 5.60 Å². The average molecular weight is 348 g/mol. The normalized spacial score (nSPS) is 27.4. The summed E-state index contributed by atoms with van der Waals surface area (Å²) in [5, 5.41) is 0. The first-order valence-corrected chi connectivity index (χ1v) is 9.55. The van der Waals surface area contributed by atoms with Gasteiger partial charge in [0.15, 0.2) is 0 Å². The molecule has 3 rings (SSSR count). The zero-order chi connectivity index (χ0) is 17.7. The van der Waals surface area contributed by atoms with Crippen LogP contribution in [0.3, 0.4) is 0 Å². The Morgan fingerprint density at radius 2 is 2.32 bits per heavy atom. The topological polar surface area (TPSA) is 37.8 Å². The lowest BCUT2D eigenvalue weighted by Gasteiger charge is -2.39. The molecule has 1 aromatic heterocycles. The van der Waals surface area contributed by atoms with Crippen molar-refractivity contribution in [3.8, 4) is 0 Å². The molecule has 0 aliphatic carbocycles. The van der Waals surface area contributed by atoms with Crippen LogP contribution in [0.2, 0.25) is 0 Å². The molecule has 0 radical (unpaired) electrons. The molecule has 140 valence electrons. The van der Waals surface area contributed by atoms with Gasteiger partial charge in [-0.3, -0.25) is 9.88 Å². The molecular weight excluding hydrogens is 314 g/mol. The van der Waals surface area contributed by atoms with Crippen molar-refractivity contribution in [2.24, 2.45) is 5.92 Å². The van der Waals surface area contributed by atoms with E-state index in [2.05, 4.69) is 47.0 Å². The molecule has 3 heterocycles. The summed E-state index contributed by atoms with van der Waals surface area (Å²) in [4.78, 5) is 9.56. The smallest absolute Gasteiger partial charge is 0.0813 e. The number of piperidine rings is 1. The van der Waals surface area contributed by atoms with Crippen LogP contribution in [0, 0.1) is 12.8 Å². The third-order valence-electron chi connectivity index (χ3n) is 5.48. The van der Waals surface area contributed by atoms with E-state index in [1.54, 1.807) is 7.11 Å². The number of likely N-dealkylation sites (N-methyl/N-ethyl adjacent to an activating group) is 1. The molecule has 25 heavy (non-hydrogen) atoms. The number of hydrogen-bond donors (Lipinski definition) is 0. The largest absolute Gasteiger partial charge is 0.383 e. The fraction of sp³-hybridized carbons (Fsp3) is 0.750. The molecule has 2 atom stereocenters. The molecule has 1 aromatic rings. The van der Waals surface area contributed by atoms with E-state index in [1.807, 2.05) is 0 Å². The molecule has 2 aliphatic rings. The van der Waals surface area contributed by atoms with Crippen LogP contribution in [0.15, 0.2) is 18.2 Å². The Morgan fingerprint density at radius 3 is 3.12 bits per heavy atom. The number of rotatable bonds is 7. The van der Waals surface area contributed by atoms with Gasteiger partial charge >= 0.3 is 0 Å². The molecule has 5 nitrogen and oxygen atoms in total. The second-order valence-electron chi connectivity index (χ2n) is 7.90. The van der Waals surface area contributed by atoms with Gasteiger partial charge in [0.1, 0.15) is 0 Å². The summed E-state index contributed by atoms with van der Waals surface area (Å²) in [6, 6.07) is 6.30. The van der Waals surface area contributed by atoms with Crippen LogP contribution in [0.5, 0.6) is 0 Å². The molecule has 2 aliphatic heterocycles. The lowest BCUT2D eigenvalue weighted by Crippen LogP contribution is -2.47. The van der Waals surface area contributed by atoms with Gasteiger partial charge in [0.2, 0.25) is 0 Å². The van der Waals surface area contributed by atoms with Crippen molar-refractivity contribution in [2.45, 2.75) is 38.3 Å². The first kappa shape index (κ1) is 18.8. The molecule has 2 saturated heterocycles. The number of hydrogen-bond acceptors (Lipinski definition) is 5. The molecule has 0 saturated carbocycles. The van der Waals surface area contributed by atoms with E-state index in [1.165, 1.54) is 25.0 Å². The summed E-state index contributed by atoms with van der Waals surface area (Å²) < 4.78 is 11.6. The molecule has 0 bridgehead atoms. The average Bonchev–Trinajstić information content (AvgIpc) is 2.95. The lowest BCUT2D eigenvalue weighted by molar-refractivity contribution is -0.0538.